The molecule has 0 fully saturated rings. The number of carboxylic acids is 1. The minimum atomic E-state index is -3.50. The number of hydrogen-bond acceptors (Lipinski definition) is 4. The SMILES string of the molecule is CC(C)C(NC(=O)CS(=O)(=O)C(C)C)C(=O)O. The molecule has 1 unspecified atom stereocenters. The van der Waals surface area contributed by atoms with Crippen LogP contribution in [0.1, 0.15) is 27.7 Å². The van der Waals surface area contributed by atoms with Gasteiger partial charge >= 0.3 is 5.97 Å². The maximum Gasteiger partial charge on any atom is 0.326 e. The van der Waals surface area contributed by atoms with Crippen LogP contribution in [-0.4, -0.2) is 42.4 Å². The van der Waals surface area contributed by atoms with E-state index in [1.165, 1.54) is 13.8 Å². The summed E-state index contributed by atoms with van der Waals surface area (Å²) in [7, 11) is -3.50. The molecule has 0 heterocycles. The highest BCUT2D eigenvalue weighted by Gasteiger charge is 2.27. The first-order valence-electron chi connectivity index (χ1n) is 5.31. The van der Waals surface area contributed by atoms with Crippen molar-refractivity contribution in [2.75, 3.05) is 5.75 Å². The molecule has 7 heteroatoms. The lowest BCUT2D eigenvalue weighted by atomic mass is 10.1. The largest absolute Gasteiger partial charge is 0.480 e. The third kappa shape index (κ3) is 5.16. The van der Waals surface area contributed by atoms with Gasteiger partial charge in [0.25, 0.3) is 0 Å². The number of carbonyl (C=O) groups excluding carboxylic acids is 1. The van der Waals surface area contributed by atoms with E-state index < -0.39 is 38.8 Å². The van der Waals surface area contributed by atoms with E-state index in [1.807, 2.05) is 0 Å². The van der Waals surface area contributed by atoms with Crippen LogP contribution in [0.4, 0.5) is 0 Å². The van der Waals surface area contributed by atoms with Gasteiger partial charge in [0.05, 0.1) is 5.25 Å². The number of hydrogen-bond donors (Lipinski definition) is 2. The van der Waals surface area contributed by atoms with E-state index in [9.17, 15) is 18.0 Å². The molecule has 0 bridgehead atoms. The monoisotopic (exact) mass is 265 g/mol. The minimum absolute atomic E-state index is 0.307. The fourth-order valence-corrected chi connectivity index (χ4v) is 1.86. The summed E-state index contributed by atoms with van der Waals surface area (Å²) < 4.78 is 22.9. The van der Waals surface area contributed by atoms with Crippen LogP contribution < -0.4 is 5.32 Å². The highest BCUT2D eigenvalue weighted by atomic mass is 32.2. The molecule has 0 aromatic rings. The first-order chi connectivity index (χ1) is 7.58. The Bertz CT molecular complexity index is 386. The summed E-state index contributed by atoms with van der Waals surface area (Å²) in [6.45, 7) is 6.21. The van der Waals surface area contributed by atoms with Crippen LogP contribution in [0.2, 0.25) is 0 Å². The van der Waals surface area contributed by atoms with E-state index in [2.05, 4.69) is 5.32 Å². The molecule has 6 nitrogen and oxygen atoms in total. The second-order valence-corrected chi connectivity index (χ2v) is 7.04. The van der Waals surface area contributed by atoms with Crippen molar-refractivity contribution >= 4 is 21.7 Å². The molecule has 1 amide bonds. The van der Waals surface area contributed by atoms with Crippen molar-refractivity contribution in [2.45, 2.75) is 39.0 Å². The number of aliphatic carboxylic acids is 1. The van der Waals surface area contributed by atoms with Crippen molar-refractivity contribution in [1.29, 1.82) is 0 Å². The zero-order valence-electron chi connectivity index (χ0n) is 10.4. The van der Waals surface area contributed by atoms with Crippen molar-refractivity contribution in [2.24, 2.45) is 5.92 Å². The highest BCUT2D eigenvalue weighted by Crippen LogP contribution is 2.04. The summed E-state index contributed by atoms with van der Waals surface area (Å²) in [5.74, 6) is -2.94. The van der Waals surface area contributed by atoms with E-state index >= 15 is 0 Å². The number of carbonyl (C=O) groups is 2. The van der Waals surface area contributed by atoms with Crippen LogP contribution in [0.5, 0.6) is 0 Å². The Morgan fingerprint density at radius 1 is 1.18 bits per heavy atom. The first kappa shape index (κ1) is 15.9. The summed E-state index contributed by atoms with van der Waals surface area (Å²) in [6.07, 6.45) is 0. The van der Waals surface area contributed by atoms with Crippen LogP contribution >= 0.6 is 0 Å². The topological polar surface area (TPSA) is 101 Å². The Morgan fingerprint density at radius 3 is 1.94 bits per heavy atom. The molecule has 0 saturated heterocycles. The Balaban J connectivity index is 4.61. The fourth-order valence-electron chi connectivity index (χ4n) is 1.08. The molecule has 1 atom stereocenters. The first-order valence-corrected chi connectivity index (χ1v) is 7.03. The second-order valence-electron chi connectivity index (χ2n) is 4.48. The number of amides is 1. The molecule has 0 radical (unpaired) electrons. The van der Waals surface area contributed by atoms with Crippen LogP contribution in [0, 0.1) is 5.92 Å². The van der Waals surface area contributed by atoms with Gasteiger partial charge in [-0.2, -0.15) is 0 Å². The second kappa shape index (κ2) is 6.00. The average molecular weight is 265 g/mol. The van der Waals surface area contributed by atoms with Gasteiger partial charge < -0.3 is 10.4 Å². The molecule has 0 saturated carbocycles. The molecular weight excluding hydrogens is 246 g/mol. The Kier molecular flexibility index (Phi) is 5.60. The predicted octanol–water partition coefficient (Wildman–Crippen LogP) is 0.0350. The van der Waals surface area contributed by atoms with Crippen LogP contribution in [-0.2, 0) is 19.4 Å². The molecule has 0 spiro atoms. The average Bonchev–Trinajstić information content (AvgIpc) is 2.12. The zero-order chi connectivity index (χ0) is 13.8. The smallest absolute Gasteiger partial charge is 0.326 e. The number of rotatable bonds is 6. The summed E-state index contributed by atoms with van der Waals surface area (Å²) in [6, 6.07) is -1.06. The minimum Gasteiger partial charge on any atom is -0.480 e. The van der Waals surface area contributed by atoms with Gasteiger partial charge in [0, 0.05) is 0 Å². The van der Waals surface area contributed by atoms with Crippen LogP contribution in [0.15, 0.2) is 0 Å². The van der Waals surface area contributed by atoms with Crippen molar-refractivity contribution in [3.8, 4) is 0 Å². The maximum absolute atomic E-state index is 11.5. The fraction of sp³-hybridized carbons (Fsp3) is 0.800. The third-order valence-electron chi connectivity index (χ3n) is 2.30. The van der Waals surface area contributed by atoms with E-state index in [0.29, 0.717) is 0 Å². The predicted molar refractivity (Wildman–Crippen MR) is 63.3 cm³/mol. The van der Waals surface area contributed by atoms with Gasteiger partial charge in [0.2, 0.25) is 5.91 Å². The van der Waals surface area contributed by atoms with E-state index in [-0.39, 0.29) is 5.92 Å². The molecule has 17 heavy (non-hydrogen) atoms. The normalized spacial score (nSPS) is 13.8. The molecule has 0 aromatic carbocycles. The lowest BCUT2D eigenvalue weighted by Gasteiger charge is -2.18. The van der Waals surface area contributed by atoms with Crippen LogP contribution in [0.25, 0.3) is 0 Å². The van der Waals surface area contributed by atoms with Gasteiger partial charge in [-0.05, 0) is 19.8 Å². The van der Waals surface area contributed by atoms with E-state index in [0.717, 1.165) is 0 Å². The molecule has 2 N–H and O–H groups in total. The number of nitrogens with one attached hydrogen (secondary N) is 1. The molecule has 0 rings (SSSR count). The Morgan fingerprint density at radius 2 is 1.65 bits per heavy atom. The summed E-state index contributed by atoms with van der Waals surface area (Å²) in [4.78, 5) is 22.2. The standard InChI is InChI=1S/C10H19NO5S/c1-6(2)9(10(13)14)11-8(12)5-17(15,16)7(3)4/h6-7,9H,5H2,1-4H3,(H,11,12)(H,13,14). The third-order valence-corrected chi connectivity index (χ3v) is 4.40. The van der Waals surface area contributed by atoms with Gasteiger partial charge in [-0.25, -0.2) is 13.2 Å². The van der Waals surface area contributed by atoms with Crippen molar-refractivity contribution < 1.29 is 23.1 Å². The zero-order valence-corrected chi connectivity index (χ0v) is 11.2. The molecule has 0 aliphatic carbocycles. The molecule has 100 valence electrons. The highest BCUT2D eigenvalue weighted by molar-refractivity contribution is 7.92. The Hall–Kier alpha value is -1.11. The summed E-state index contributed by atoms with van der Waals surface area (Å²) >= 11 is 0. The van der Waals surface area contributed by atoms with Crippen molar-refractivity contribution in [3.63, 3.8) is 0 Å². The quantitative estimate of drug-likeness (QED) is 0.706. The number of carboxylic acid groups (broad SMARTS) is 1. The summed E-state index contributed by atoms with van der Waals surface area (Å²) in [5, 5.41) is 10.4. The molecule has 0 aliphatic heterocycles. The molecule has 0 aromatic heterocycles. The lowest BCUT2D eigenvalue weighted by molar-refractivity contribution is -0.142. The molecular formula is C10H19NO5S. The van der Waals surface area contributed by atoms with E-state index in [4.69, 9.17) is 5.11 Å². The Labute approximate surface area is 101 Å². The van der Waals surface area contributed by atoms with Gasteiger partial charge in [-0.1, -0.05) is 13.8 Å². The van der Waals surface area contributed by atoms with E-state index in [1.54, 1.807) is 13.8 Å². The summed E-state index contributed by atoms with van der Waals surface area (Å²) in [5.41, 5.74) is 0. The van der Waals surface area contributed by atoms with Gasteiger partial charge in [0.15, 0.2) is 9.84 Å². The lowest BCUT2D eigenvalue weighted by Crippen LogP contribution is -2.46. The van der Waals surface area contributed by atoms with Crippen molar-refractivity contribution in [1.82, 2.24) is 5.32 Å². The molecule has 0 aliphatic rings. The number of sulfone groups is 1. The van der Waals surface area contributed by atoms with Gasteiger partial charge in [-0.15, -0.1) is 0 Å². The van der Waals surface area contributed by atoms with Gasteiger partial charge in [-0.3, -0.25) is 4.79 Å². The van der Waals surface area contributed by atoms with Crippen molar-refractivity contribution in [3.05, 3.63) is 0 Å². The maximum atomic E-state index is 11.5. The van der Waals surface area contributed by atoms with Gasteiger partial charge in [0.1, 0.15) is 11.8 Å². The van der Waals surface area contributed by atoms with Crippen LogP contribution in [0.3, 0.4) is 0 Å².